The van der Waals surface area contributed by atoms with Crippen molar-refractivity contribution in [2.45, 2.75) is 10.5 Å². The molecule has 2 nitrogen and oxygen atoms in total. The van der Waals surface area contributed by atoms with E-state index in [9.17, 15) is 9.50 Å². The minimum absolute atomic E-state index is 2.25. The molecule has 0 aromatic heterocycles. The molecule has 0 aromatic rings. The summed E-state index contributed by atoms with van der Waals surface area (Å²) in [6.45, 7) is -2.80. The Morgan fingerprint density at radius 3 is 1.88 bits per heavy atom. The first kappa shape index (κ1) is 8.72. The van der Waals surface area contributed by atoms with E-state index in [1.54, 1.807) is 0 Å². The molecule has 0 saturated heterocycles. The van der Waals surface area contributed by atoms with Crippen LogP contribution < -0.4 is 0 Å². The Hall–Kier alpha value is 0.720. The lowest BCUT2D eigenvalue weighted by atomic mass is 11.3. The van der Waals surface area contributed by atoms with Gasteiger partial charge in [-0.05, 0) is 0 Å². The number of rotatable bonds is 1. The monoisotopic (exact) mass is 181 g/mol. The third kappa shape index (κ3) is 6.72. The highest BCUT2D eigenvalue weighted by Gasteiger charge is 2.24. The maximum absolute atomic E-state index is 11.2. The minimum Gasteiger partial charge on any atom is -0.274 e. The topological polar surface area (TPSA) is 29.1 Å². The van der Waals surface area contributed by atoms with E-state index < -0.39 is 10.5 Å². The van der Waals surface area contributed by atoms with Gasteiger partial charge in [-0.25, -0.2) is 0 Å². The van der Waals surface area contributed by atoms with Crippen molar-refractivity contribution in [1.29, 1.82) is 0 Å². The van der Waals surface area contributed by atoms with Gasteiger partial charge in [-0.2, -0.15) is 9.50 Å². The van der Waals surface area contributed by atoms with Crippen molar-refractivity contribution in [3.05, 3.63) is 0 Å². The molecule has 6 heteroatoms. The summed E-state index contributed by atoms with van der Waals surface area (Å²) in [6, 6.07) is 0. The van der Waals surface area contributed by atoms with E-state index in [4.69, 9.17) is 34.8 Å². The van der Waals surface area contributed by atoms with E-state index in [0.29, 0.717) is 0 Å². The fourth-order valence-electron chi connectivity index (χ4n) is 0.105. The van der Waals surface area contributed by atoms with Gasteiger partial charge in [0.15, 0.2) is 0 Å². The molecular weight excluding hydrogens is 181 g/mol. The second-order valence-corrected chi connectivity index (χ2v) is 3.02. The van der Waals surface area contributed by atoms with Crippen LogP contribution in [0.3, 0.4) is 0 Å². The minimum atomic E-state index is -2.80. The summed E-state index contributed by atoms with van der Waals surface area (Å²) < 4.78 is 12.4. The lowest BCUT2D eigenvalue weighted by Gasteiger charge is -2.09. The van der Waals surface area contributed by atoms with Crippen LogP contribution in [0.5, 0.6) is 0 Å². The van der Waals surface area contributed by atoms with Gasteiger partial charge in [-0.3, -0.25) is 4.74 Å². The van der Waals surface area contributed by atoms with E-state index in [-0.39, 0.29) is 0 Å². The SMILES string of the molecule is [O]C(F)OC(Cl)(Cl)Cl. The van der Waals surface area contributed by atoms with Crippen molar-refractivity contribution in [3.8, 4) is 0 Å². The molecule has 1 radical (unpaired) electrons. The van der Waals surface area contributed by atoms with Crippen molar-refractivity contribution >= 4 is 34.8 Å². The molecule has 0 fully saturated rings. The Balaban J connectivity index is 3.39. The van der Waals surface area contributed by atoms with E-state index in [2.05, 4.69) is 4.74 Å². The molecule has 0 aliphatic heterocycles. The molecule has 0 aliphatic carbocycles. The first-order valence-electron chi connectivity index (χ1n) is 1.46. The molecule has 8 heavy (non-hydrogen) atoms. The fourth-order valence-corrected chi connectivity index (χ4v) is 0.315. The smallest absolute Gasteiger partial charge is 0.274 e. The highest BCUT2D eigenvalue weighted by atomic mass is 35.6. The van der Waals surface area contributed by atoms with Gasteiger partial charge in [-0.1, -0.05) is 34.8 Å². The molecule has 0 bridgehead atoms. The number of halogens is 4. The summed E-state index contributed by atoms with van der Waals surface area (Å²) in [5, 5.41) is 9.40. The molecule has 0 spiro atoms. The van der Waals surface area contributed by atoms with Crippen LogP contribution in [0.25, 0.3) is 0 Å². The van der Waals surface area contributed by atoms with Crippen molar-refractivity contribution in [1.82, 2.24) is 0 Å². The largest absolute Gasteiger partial charge is 0.340 e. The summed E-state index contributed by atoms with van der Waals surface area (Å²) in [6.07, 6.45) is 0. The Kier molecular flexibility index (Phi) is 3.31. The van der Waals surface area contributed by atoms with Crippen molar-refractivity contribution in [2.75, 3.05) is 0 Å². The zero-order valence-corrected chi connectivity index (χ0v) is 5.67. The average Bonchev–Trinajstić information content (AvgIpc) is 1.21. The molecule has 0 saturated carbocycles. The third-order valence-electron chi connectivity index (χ3n) is 0.226. The van der Waals surface area contributed by atoms with E-state index >= 15 is 0 Å². The van der Waals surface area contributed by atoms with Gasteiger partial charge in [0.05, 0.1) is 0 Å². The molecular formula is C2HCl3FO2. The summed E-state index contributed by atoms with van der Waals surface area (Å²) in [5.74, 6) is 0. The number of ether oxygens (including phenoxy) is 1. The van der Waals surface area contributed by atoms with Gasteiger partial charge in [0.25, 0.3) is 0 Å². The number of hydrogen-bond donors (Lipinski definition) is 0. The number of hydrogen-bond acceptors (Lipinski definition) is 1. The van der Waals surface area contributed by atoms with Crippen LogP contribution in [0, 0.1) is 0 Å². The molecule has 0 amide bonds. The van der Waals surface area contributed by atoms with Crippen LogP contribution in [-0.2, 0) is 9.84 Å². The molecule has 0 rings (SSSR count). The van der Waals surface area contributed by atoms with Gasteiger partial charge in [-0.15, -0.1) is 0 Å². The standard InChI is InChI=1S/C2HCl3FO2/c3-2(4,5)8-1(6)7/h1H. The zero-order valence-electron chi connectivity index (χ0n) is 3.41. The van der Waals surface area contributed by atoms with Gasteiger partial charge >= 0.3 is 10.5 Å². The maximum Gasteiger partial charge on any atom is 0.340 e. The summed E-state index contributed by atoms with van der Waals surface area (Å²) in [4.78, 5) is 0. The highest BCUT2D eigenvalue weighted by molar-refractivity contribution is 6.66. The number of alkyl halides is 4. The summed E-state index contributed by atoms with van der Waals surface area (Å²) >= 11 is 14.4. The van der Waals surface area contributed by atoms with Gasteiger partial charge < -0.3 is 0 Å². The van der Waals surface area contributed by atoms with Crippen LogP contribution in [-0.4, -0.2) is 10.5 Å². The Morgan fingerprint density at radius 1 is 1.50 bits per heavy atom. The Bertz CT molecular complexity index is 70.2. The van der Waals surface area contributed by atoms with Crippen molar-refractivity contribution in [2.24, 2.45) is 0 Å². The molecule has 1 atom stereocenters. The van der Waals surface area contributed by atoms with E-state index in [0.717, 1.165) is 0 Å². The first-order chi connectivity index (χ1) is 3.42. The van der Waals surface area contributed by atoms with Gasteiger partial charge in [0, 0.05) is 0 Å². The van der Waals surface area contributed by atoms with Gasteiger partial charge in [0.1, 0.15) is 0 Å². The van der Waals surface area contributed by atoms with Crippen LogP contribution in [0.4, 0.5) is 4.39 Å². The molecule has 0 N–H and O–H groups in total. The zero-order chi connectivity index (χ0) is 6.78. The van der Waals surface area contributed by atoms with E-state index in [1.807, 2.05) is 0 Å². The highest BCUT2D eigenvalue weighted by Crippen LogP contribution is 2.28. The maximum atomic E-state index is 11.2. The van der Waals surface area contributed by atoms with Gasteiger partial charge in [0.2, 0.25) is 0 Å². The Labute approximate surface area is 60.1 Å². The predicted molar refractivity (Wildman–Crippen MR) is 27.0 cm³/mol. The third-order valence-corrected chi connectivity index (χ3v) is 0.494. The second-order valence-electron chi connectivity index (χ2n) is 0.838. The molecule has 0 heterocycles. The van der Waals surface area contributed by atoms with Crippen LogP contribution in [0.2, 0.25) is 0 Å². The second kappa shape index (κ2) is 3.03. The van der Waals surface area contributed by atoms with Crippen LogP contribution in [0.15, 0.2) is 0 Å². The summed E-state index contributed by atoms with van der Waals surface area (Å²) in [7, 11) is 0. The molecule has 0 aromatic carbocycles. The molecule has 49 valence electrons. The van der Waals surface area contributed by atoms with Crippen LogP contribution >= 0.6 is 34.8 Å². The lowest BCUT2D eigenvalue weighted by Crippen LogP contribution is -2.14. The average molecular weight is 182 g/mol. The quantitative estimate of drug-likeness (QED) is 0.450. The molecule has 1 unspecified atom stereocenters. The summed E-state index contributed by atoms with van der Waals surface area (Å²) in [5.41, 5.74) is 0. The predicted octanol–water partition coefficient (Wildman–Crippen LogP) is 2.01. The first-order valence-corrected chi connectivity index (χ1v) is 2.59. The fraction of sp³-hybridized carbons (Fsp3) is 1.00. The van der Waals surface area contributed by atoms with Crippen molar-refractivity contribution in [3.63, 3.8) is 0 Å². The van der Waals surface area contributed by atoms with Crippen LogP contribution in [0.1, 0.15) is 0 Å². The molecule has 0 aliphatic rings. The van der Waals surface area contributed by atoms with E-state index in [1.165, 1.54) is 0 Å². The lowest BCUT2D eigenvalue weighted by molar-refractivity contribution is -0.223. The Morgan fingerprint density at radius 2 is 1.88 bits per heavy atom. The van der Waals surface area contributed by atoms with Crippen molar-refractivity contribution < 1.29 is 14.2 Å². The normalized spacial score (nSPS) is 16.1.